The molecule has 9 rings (SSSR count). The fourth-order valence-corrected chi connectivity index (χ4v) is 10.3. The Labute approximate surface area is 420 Å². The molecule has 8 aromatic carbocycles. The third-order valence-electron chi connectivity index (χ3n) is 14.2. The van der Waals surface area contributed by atoms with Gasteiger partial charge in [-0.25, -0.2) is 0 Å². The van der Waals surface area contributed by atoms with Crippen molar-refractivity contribution >= 4 is 22.7 Å². The van der Waals surface area contributed by atoms with Gasteiger partial charge in [0.05, 0.1) is 0 Å². The van der Waals surface area contributed by atoms with Crippen LogP contribution >= 0.6 is 0 Å². The largest absolute Gasteiger partial charge is 0.507 e. The lowest BCUT2D eigenvalue weighted by molar-refractivity contribution is 0.431. The molecular weight excluding hydrogens is 905 g/mol. The van der Waals surface area contributed by atoms with Crippen molar-refractivity contribution in [3.05, 3.63) is 212 Å². The molecule has 0 aromatic heterocycles. The van der Waals surface area contributed by atoms with Gasteiger partial charge in [-0.3, -0.25) is 0 Å². The Balaban J connectivity index is 1.46. The van der Waals surface area contributed by atoms with E-state index in [4.69, 9.17) is 0 Å². The van der Waals surface area contributed by atoms with Gasteiger partial charge in [0.2, 0.25) is 0 Å². The molecule has 0 saturated heterocycles. The molecule has 1 aliphatic carbocycles. The van der Waals surface area contributed by atoms with Crippen LogP contribution < -0.4 is 19.6 Å². The number of hydrogen-bond acceptors (Lipinski definition) is 12. The van der Waals surface area contributed by atoms with Crippen molar-refractivity contribution in [2.24, 2.45) is 0 Å². The van der Waals surface area contributed by atoms with Crippen molar-refractivity contribution in [3.8, 4) is 46.0 Å². The molecule has 0 amide bonds. The lowest BCUT2D eigenvalue weighted by Crippen LogP contribution is -2.14. The SMILES string of the molecule is CN(C)c1ccc(C2c3cc(c(O)cc3O)C(c3ccc(N(C)C)cc3)c3cc(c(O)cc3O)C(c3ccc(N(C)C)cc3)c3cc(c(O)cc3O)C(c3ccc(N(C)C)cc3)c3cc2c(O)cc3O)cc1. The number of phenolic OH excluding ortho intramolecular Hbond substituents is 8. The number of anilines is 4. The van der Waals surface area contributed by atoms with Gasteiger partial charge in [-0.05, 0) is 95.1 Å². The van der Waals surface area contributed by atoms with Gasteiger partial charge < -0.3 is 60.5 Å². The quantitative estimate of drug-likeness (QED) is 0.0725. The van der Waals surface area contributed by atoms with Gasteiger partial charge in [0.15, 0.2) is 0 Å². The molecule has 0 spiro atoms. The number of aromatic hydroxyl groups is 8. The van der Waals surface area contributed by atoms with Gasteiger partial charge in [-0.1, -0.05) is 48.5 Å². The Morgan fingerprint density at radius 3 is 0.486 bits per heavy atom. The lowest BCUT2D eigenvalue weighted by atomic mass is 9.75. The summed E-state index contributed by atoms with van der Waals surface area (Å²) in [5, 5.41) is 97.5. The first-order chi connectivity index (χ1) is 34.3. The molecule has 0 unspecified atom stereocenters. The van der Waals surface area contributed by atoms with Crippen molar-refractivity contribution in [3.63, 3.8) is 0 Å². The zero-order valence-electron chi connectivity index (χ0n) is 41.5. The third-order valence-corrected chi connectivity index (χ3v) is 14.2. The van der Waals surface area contributed by atoms with Crippen LogP contribution in [0.5, 0.6) is 46.0 Å². The summed E-state index contributed by atoms with van der Waals surface area (Å²) in [7, 11) is 15.4. The highest BCUT2D eigenvalue weighted by molar-refractivity contribution is 5.68. The van der Waals surface area contributed by atoms with Gasteiger partial charge in [-0.2, -0.15) is 0 Å². The zero-order valence-corrected chi connectivity index (χ0v) is 41.5. The van der Waals surface area contributed by atoms with Gasteiger partial charge in [0.1, 0.15) is 46.0 Å². The maximum atomic E-state index is 12.2. The first kappa shape index (κ1) is 48.4. The maximum Gasteiger partial charge on any atom is 0.123 e. The Hall–Kier alpha value is -8.64. The molecule has 8 bridgehead atoms. The standard InChI is InChI=1S/C60H60N4O8/c1-61(2)37-17-9-33(10-18-37)57-41-25-43(51(67)29-49(41)65)58(34-11-19-38(20-12-34)62(3)4)45-27-47(55(71)31-53(45)69)60(36-15-23-40(24-16-36)64(7)8)48-28-46(54(70)32-56(48)72)59(35-13-21-39(22-14-35)63(5)6)44-26-42(57)50(66)30-52(44)68/h9-32,57-60,65-72H,1-8H3. The molecule has 0 atom stereocenters. The second-order valence-corrected chi connectivity index (χ2v) is 19.6. The number of hydrogen-bond donors (Lipinski definition) is 8. The van der Waals surface area contributed by atoms with E-state index in [0.29, 0.717) is 22.3 Å². The first-order valence-corrected chi connectivity index (χ1v) is 23.6. The van der Waals surface area contributed by atoms with E-state index in [0.717, 1.165) is 22.7 Å². The van der Waals surface area contributed by atoms with E-state index in [9.17, 15) is 40.9 Å². The number of benzene rings is 8. The maximum absolute atomic E-state index is 12.2. The highest BCUT2D eigenvalue weighted by Gasteiger charge is 2.35. The van der Waals surface area contributed by atoms with Crippen molar-refractivity contribution in [1.82, 2.24) is 0 Å². The van der Waals surface area contributed by atoms with Crippen LogP contribution in [0.15, 0.2) is 146 Å². The zero-order chi connectivity index (χ0) is 51.4. The van der Waals surface area contributed by atoms with Crippen LogP contribution in [0.25, 0.3) is 0 Å². The van der Waals surface area contributed by atoms with Crippen LogP contribution in [0, 0.1) is 0 Å². The molecular formula is C60H60N4O8. The molecule has 72 heavy (non-hydrogen) atoms. The van der Waals surface area contributed by atoms with Crippen LogP contribution in [0.3, 0.4) is 0 Å². The van der Waals surface area contributed by atoms with Crippen LogP contribution in [-0.4, -0.2) is 97.2 Å². The lowest BCUT2D eigenvalue weighted by Gasteiger charge is -2.30. The summed E-state index contributed by atoms with van der Waals surface area (Å²) in [4.78, 5) is 7.81. The predicted molar refractivity (Wildman–Crippen MR) is 286 cm³/mol. The van der Waals surface area contributed by atoms with E-state index in [-0.39, 0.29) is 90.5 Å². The summed E-state index contributed by atoms with van der Waals surface area (Å²) in [6.07, 6.45) is 0. The van der Waals surface area contributed by atoms with Crippen LogP contribution in [-0.2, 0) is 0 Å². The second kappa shape index (κ2) is 18.9. The van der Waals surface area contributed by atoms with Crippen LogP contribution in [0.4, 0.5) is 22.7 Å². The summed E-state index contributed by atoms with van der Waals surface area (Å²) in [6, 6.07) is 42.3. The molecule has 0 radical (unpaired) electrons. The fourth-order valence-electron chi connectivity index (χ4n) is 10.3. The van der Waals surface area contributed by atoms with E-state index in [1.165, 1.54) is 24.3 Å². The van der Waals surface area contributed by atoms with E-state index < -0.39 is 23.7 Å². The van der Waals surface area contributed by atoms with Crippen LogP contribution in [0.1, 0.15) is 90.4 Å². The minimum absolute atomic E-state index is 0.286. The Bertz CT molecular complexity index is 2750. The molecule has 1 aliphatic rings. The Morgan fingerprint density at radius 1 is 0.222 bits per heavy atom. The summed E-state index contributed by atoms with van der Waals surface area (Å²) in [5.74, 6) is -6.13. The van der Waals surface area contributed by atoms with Crippen molar-refractivity contribution in [1.29, 1.82) is 0 Å². The molecule has 12 heteroatoms. The van der Waals surface area contributed by atoms with Crippen molar-refractivity contribution < 1.29 is 40.9 Å². The molecule has 0 heterocycles. The van der Waals surface area contributed by atoms with Gasteiger partial charge in [-0.15, -0.1) is 0 Å². The Kier molecular flexibility index (Phi) is 12.7. The van der Waals surface area contributed by atoms with E-state index in [1.54, 1.807) is 24.3 Å². The summed E-state index contributed by atoms with van der Waals surface area (Å²) in [5.41, 5.74) is 8.44. The average Bonchev–Trinajstić information content (AvgIpc) is 3.34. The molecule has 8 N–H and O–H groups in total. The van der Waals surface area contributed by atoms with Gasteiger partial charge in [0.25, 0.3) is 0 Å². The van der Waals surface area contributed by atoms with E-state index in [1.807, 2.05) is 173 Å². The molecule has 0 aliphatic heterocycles. The van der Waals surface area contributed by atoms with Gasteiger partial charge >= 0.3 is 0 Å². The third kappa shape index (κ3) is 8.80. The van der Waals surface area contributed by atoms with Gasteiger partial charge in [0, 0.05) is 172 Å². The number of rotatable bonds is 8. The smallest absolute Gasteiger partial charge is 0.123 e. The van der Waals surface area contributed by atoms with E-state index in [2.05, 4.69) is 0 Å². The number of phenols is 8. The summed E-state index contributed by atoms with van der Waals surface area (Å²) < 4.78 is 0. The second-order valence-electron chi connectivity index (χ2n) is 19.6. The van der Waals surface area contributed by atoms with Crippen molar-refractivity contribution in [2.45, 2.75) is 23.7 Å². The Morgan fingerprint density at radius 2 is 0.361 bits per heavy atom. The average molecular weight is 965 g/mol. The number of fused-ring (bicyclic) bond motifs is 8. The monoisotopic (exact) mass is 964 g/mol. The van der Waals surface area contributed by atoms with Crippen molar-refractivity contribution in [2.75, 3.05) is 76.0 Å². The van der Waals surface area contributed by atoms with Crippen LogP contribution in [0.2, 0.25) is 0 Å². The molecule has 0 fully saturated rings. The fraction of sp³-hybridized carbons (Fsp3) is 0.200. The normalized spacial score (nSPS) is 16.2. The molecule has 12 nitrogen and oxygen atoms in total. The minimum atomic E-state index is -0.955. The summed E-state index contributed by atoms with van der Waals surface area (Å²) in [6.45, 7) is 0. The molecule has 368 valence electrons. The summed E-state index contributed by atoms with van der Waals surface area (Å²) >= 11 is 0. The topological polar surface area (TPSA) is 175 Å². The van der Waals surface area contributed by atoms with E-state index >= 15 is 0 Å². The highest BCUT2D eigenvalue weighted by Crippen LogP contribution is 2.54. The number of nitrogens with zero attached hydrogens (tertiary/aromatic N) is 4. The molecule has 8 aromatic rings. The predicted octanol–water partition coefficient (Wildman–Crippen LogP) is 10.6. The minimum Gasteiger partial charge on any atom is -0.507 e. The first-order valence-electron chi connectivity index (χ1n) is 23.6. The molecule has 0 saturated carbocycles. The highest BCUT2D eigenvalue weighted by atomic mass is 16.3.